The van der Waals surface area contributed by atoms with Gasteiger partial charge in [-0.15, -0.1) is 11.3 Å². The Labute approximate surface area is 87.8 Å². The lowest BCUT2D eigenvalue weighted by molar-refractivity contribution is 0.572. The molecule has 0 aliphatic heterocycles. The van der Waals surface area contributed by atoms with Crippen LogP contribution >= 0.6 is 11.3 Å². The van der Waals surface area contributed by atoms with Crippen molar-refractivity contribution < 1.29 is 0 Å². The van der Waals surface area contributed by atoms with Crippen LogP contribution in [0.25, 0.3) is 10.2 Å². The minimum atomic E-state index is 0.0598. The van der Waals surface area contributed by atoms with Crippen LogP contribution in [0.4, 0.5) is 5.69 Å². The number of pyridine rings is 1. The predicted molar refractivity (Wildman–Crippen MR) is 62.7 cm³/mol. The summed E-state index contributed by atoms with van der Waals surface area (Å²) in [7, 11) is 0. The van der Waals surface area contributed by atoms with Crippen LogP contribution in [0.1, 0.15) is 26.5 Å². The average molecular weight is 206 g/mol. The second-order valence-electron chi connectivity index (χ2n) is 4.48. The first-order chi connectivity index (χ1) is 6.48. The molecule has 2 aromatic rings. The van der Waals surface area contributed by atoms with E-state index in [9.17, 15) is 0 Å². The Morgan fingerprint density at radius 1 is 1.36 bits per heavy atom. The van der Waals surface area contributed by atoms with E-state index in [0.717, 1.165) is 21.6 Å². The molecule has 0 bridgehead atoms. The summed E-state index contributed by atoms with van der Waals surface area (Å²) in [5.41, 5.74) is 8.94. The molecule has 3 heteroatoms. The molecular weight excluding hydrogens is 192 g/mol. The fraction of sp³-hybridized carbons (Fsp3) is 0.364. The smallest absolute Gasteiger partial charge is 0.0834 e. The van der Waals surface area contributed by atoms with E-state index in [1.54, 1.807) is 11.3 Å². The zero-order chi connectivity index (χ0) is 10.3. The number of nitrogens with two attached hydrogens (primary N) is 1. The van der Waals surface area contributed by atoms with Crippen LogP contribution in [0.15, 0.2) is 17.5 Å². The maximum atomic E-state index is 5.97. The molecule has 0 spiro atoms. The molecule has 0 aliphatic carbocycles. The van der Waals surface area contributed by atoms with Gasteiger partial charge < -0.3 is 5.73 Å². The van der Waals surface area contributed by atoms with Gasteiger partial charge in [0.05, 0.1) is 15.9 Å². The minimum Gasteiger partial charge on any atom is -0.397 e. The molecule has 0 radical (unpaired) electrons. The molecule has 0 fully saturated rings. The van der Waals surface area contributed by atoms with Gasteiger partial charge in [0.2, 0.25) is 0 Å². The van der Waals surface area contributed by atoms with Gasteiger partial charge in [0.1, 0.15) is 0 Å². The molecule has 2 nitrogen and oxygen atoms in total. The van der Waals surface area contributed by atoms with Gasteiger partial charge in [-0.1, -0.05) is 20.8 Å². The molecule has 14 heavy (non-hydrogen) atoms. The Balaban J connectivity index is 2.70. The van der Waals surface area contributed by atoms with E-state index in [1.165, 1.54) is 0 Å². The standard InChI is InChI=1S/C11H14N2S/c1-11(2,3)9-6-7(12)10-8(13-9)4-5-14-10/h4-6H,1-3H3,(H2,12,13). The van der Waals surface area contributed by atoms with Crippen molar-refractivity contribution in [3.05, 3.63) is 23.2 Å². The topological polar surface area (TPSA) is 38.9 Å². The third-order valence-electron chi connectivity index (χ3n) is 2.21. The summed E-state index contributed by atoms with van der Waals surface area (Å²) in [4.78, 5) is 4.60. The molecule has 2 rings (SSSR count). The lowest BCUT2D eigenvalue weighted by Crippen LogP contribution is -2.13. The van der Waals surface area contributed by atoms with Gasteiger partial charge in [0.15, 0.2) is 0 Å². The van der Waals surface area contributed by atoms with Crippen LogP contribution in [-0.4, -0.2) is 4.98 Å². The maximum Gasteiger partial charge on any atom is 0.0834 e. The van der Waals surface area contributed by atoms with Gasteiger partial charge >= 0.3 is 0 Å². The molecule has 0 atom stereocenters. The minimum absolute atomic E-state index is 0.0598. The number of aromatic nitrogens is 1. The van der Waals surface area contributed by atoms with Gasteiger partial charge in [0.25, 0.3) is 0 Å². The van der Waals surface area contributed by atoms with E-state index in [2.05, 4.69) is 25.8 Å². The molecular formula is C11H14N2S. The van der Waals surface area contributed by atoms with E-state index in [-0.39, 0.29) is 5.41 Å². The number of hydrogen-bond acceptors (Lipinski definition) is 3. The van der Waals surface area contributed by atoms with Crippen LogP contribution < -0.4 is 5.73 Å². The van der Waals surface area contributed by atoms with Crippen molar-refractivity contribution in [1.82, 2.24) is 4.98 Å². The molecule has 0 amide bonds. The quantitative estimate of drug-likeness (QED) is 0.719. The van der Waals surface area contributed by atoms with Crippen molar-refractivity contribution in [2.75, 3.05) is 5.73 Å². The molecule has 0 aliphatic rings. The van der Waals surface area contributed by atoms with E-state index >= 15 is 0 Å². The van der Waals surface area contributed by atoms with E-state index in [1.807, 2.05) is 17.5 Å². The van der Waals surface area contributed by atoms with Gasteiger partial charge in [-0.2, -0.15) is 0 Å². The Morgan fingerprint density at radius 2 is 2.07 bits per heavy atom. The Morgan fingerprint density at radius 3 is 2.71 bits per heavy atom. The number of rotatable bonds is 0. The highest BCUT2D eigenvalue weighted by Gasteiger charge is 2.17. The lowest BCUT2D eigenvalue weighted by atomic mass is 9.91. The highest BCUT2D eigenvalue weighted by Crippen LogP contribution is 2.30. The third kappa shape index (κ3) is 1.48. The van der Waals surface area contributed by atoms with Crippen LogP contribution in [0.3, 0.4) is 0 Å². The normalized spacial score (nSPS) is 12.2. The van der Waals surface area contributed by atoms with Gasteiger partial charge in [-0.3, -0.25) is 4.98 Å². The van der Waals surface area contributed by atoms with Crippen molar-refractivity contribution >= 4 is 27.2 Å². The molecule has 0 saturated heterocycles. The van der Waals surface area contributed by atoms with Crippen molar-refractivity contribution in [2.24, 2.45) is 0 Å². The monoisotopic (exact) mass is 206 g/mol. The number of anilines is 1. The number of nitrogens with zero attached hydrogens (tertiary/aromatic N) is 1. The van der Waals surface area contributed by atoms with E-state index in [4.69, 9.17) is 5.73 Å². The molecule has 0 unspecified atom stereocenters. The Hall–Kier alpha value is -1.09. The van der Waals surface area contributed by atoms with Crippen LogP contribution in [0.5, 0.6) is 0 Å². The van der Waals surface area contributed by atoms with Crippen molar-refractivity contribution in [3.8, 4) is 0 Å². The summed E-state index contributed by atoms with van der Waals surface area (Å²) in [5.74, 6) is 0. The van der Waals surface area contributed by atoms with Gasteiger partial charge in [-0.05, 0) is 17.5 Å². The van der Waals surface area contributed by atoms with Crippen LogP contribution in [0.2, 0.25) is 0 Å². The third-order valence-corrected chi connectivity index (χ3v) is 3.16. The van der Waals surface area contributed by atoms with Crippen molar-refractivity contribution in [1.29, 1.82) is 0 Å². The zero-order valence-corrected chi connectivity index (χ0v) is 9.48. The fourth-order valence-electron chi connectivity index (χ4n) is 1.37. The molecule has 0 aromatic carbocycles. The molecule has 2 heterocycles. The highest BCUT2D eigenvalue weighted by molar-refractivity contribution is 7.17. The van der Waals surface area contributed by atoms with Gasteiger partial charge in [-0.25, -0.2) is 0 Å². The first-order valence-electron chi connectivity index (χ1n) is 4.63. The summed E-state index contributed by atoms with van der Waals surface area (Å²) in [6, 6.07) is 4.00. The number of thiophene rings is 1. The number of fused-ring (bicyclic) bond motifs is 1. The zero-order valence-electron chi connectivity index (χ0n) is 8.66. The lowest BCUT2D eigenvalue weighted by Gasteiger charge is -2.18. The van der Waals surface area contributed by atoms with Crippen LogP contribution in [-0.2, 0) is 5.41 Å². The second kappa shape index (κ2) is 2.95. The maximum absolute atomic E-state index is 5.97. The van der Waals surface area contributed by atoms with Crippen molar-refractivity contribution in [3.63, 3.8) is 0 Å². The summed E-state index contributed by atoms with van der Waals surface area (Å²) in [5, 5.41) is 2.03. The summed E-state index contributed by atoms with van der Waals surface area (Å²) >= 11 is 1.65. The predicted octanol–water partition coefficient (Wildman–Crippen LogP) is 3.18. The highest BCUT2D eigenvalue weighted by atomic mass is 32.1. The summed E-state index contributed by atoms with van der Waals surface area (Å²) in [6.45, 7) is 6.44. The summed E-state index contributed by atoms with van der Waals surface area (Å²) < 4.78 is 1.10. The fourth-order valence-corrected chi connectivity index (χ4v) is 2.13. The van der Waals surface area contributed by atoms with Crippen molar-refractivity contribution in [2.45, 2.75) is 26.2 Å². The van der Waals surface area contributed by atoms with E-state index in [0.29, 0.717) is 0 Å². The molecule has 2 aromatic heterocycles. The number of hydrogen-bond donors (Lipinski definition) is 1. The first kappa shape index (κ1) is 9.46. The molecule has 2 N–H and O–H groups in total. The first-order valence-corrected chi connectivity index (χ1v) is 5.50. The SMILES string of the molecule is CC(C)(C)c1cc(N)c2sccc2n1. The van der Waals surface area contributed by atoms with E-state index < -0.39 is 0 Å². The second-order valence-corrected chi connectivity index (χ2v) is 5.40. The van der Waals surface area contributed by atoms with Crippen LogP contribution in [0, 0.1) is 0 Å². The Bertz CT molecular complexity index is 466. The number of nitrogen functional groups attached to an aromatic ring is 1. The molecule has 0 saturated carbocycles. The average Bonchev–Trinajstić information content (AvgIpc) is 2.50. The van der Waals surface area contributed by atoms with Gasteiger partial charge in [0, 0.05) is 11.1 Å². The summed E-state index contributed by atoms with van der Waals surface area (Å²) in [6.07, 6.45) is 0. The Kier molecular flexibility index (Phi) is 2.00. The molecule has 74 valence electrons. The largest absolute Gasteiger partial charge is 0.397 e.